The third-order valence-corrected chi connectivity index (χ3v) is 3.52. The highest BCUT2D eigenvalue weighted by Crippen LogP contribution is 2.19. The maximum atomic E-state index is 5.36. The van der Waals surface area contributed by atoms with Crippen LogP contribution < -0.4 is 5.32 Å². The first-order chi connectivity index (χ1) is 7.74. The Balaban J connectivity index is 2.03. The molecule has 0 saturated heterocycles. The first kappa shape index (κ1) is 13.6. The molecule has 16 heavy (non-hydrogen) atoms. The van der Waals surface area contributed by atoms with Gasteiger partial charge in [0.25, 0.3) is 0 Å². The van der Waals surface area contributed by atoms with Gasteiger partial charge in [-0.1, -0.05) is 0 Å². The molecule has 0 aromatic carbocycles. The van der Waals surface area contributed by atoms with E-state index in [0.717, 1.165) is 19.7 Å². The zero-order valence-electron chi connectivity index (χ0n) is 10.3. The first-order valence-corrected chi connectivity index (χ1v) is 6.39. The number of rotatable bonds is 8. The van der Waals surface area contributed by atoms with Crippen LogP contribution >= 0.6 is 11.3 Å². The molecule has 0 saturated carbocycles. The van der Waals surface area contributed by atoms with Crippen LogP contribution in [-0.4, -0.2) is 33.5 Å². The van der Waals surface area contributed by atoms with E-state index in [1.165, 1.54) is 15.3 Å². The van der Waals surface area contributed by atoms with Crippen LogP contribution in [0.3, 0.4) is 0 Å². The van der Waals surface area contributed by atoms with E-state index >= 15 is 0 Å². The van der Waals surface area contributed by atoms with Crippen molar-refractivity contribution in [1.29, 1.82) is 0 Å². The average molecular weight is 243 g/mol. The average Bonchev–Trinajstić information content (AvgIpc) is 2.57. The summed E-state index contributed by atoms with van der Waals surface area (Å²) in [7, 11) is 1.68. The lowest BCUT2D eigenvalue weighted by Gasteiger charge is -2.04. The zero-order valence-corrected chi connectivity index (χ0v) is 11.2. The molecule has 1 rings (SSSR count). The van der Waals surface area contributed by atoms with Gasteiger partial charge in [0.05, 0.1) is 19.8 Å². The summed E-state index contributed by atoms with van der Waals surface area (Å²) in [6.07, 6.45) is 0. The molecule has 92 valence electrons. The van der Waals surface area contributed by atoms with E-state index in [2.05, 4.69) is 25.2 Å². The summed E-state index contributed by atoms with van der Waals surface area (Å²) in [6.45, 7) is 8.23. The van der Waals surface area contributed by atoms with Crippen molar-refractivity contribution in [3.05, 3.63) is 21.4 Å². The Labute approximate surface area is 102 Å². The standard InChI is InChI=1S/C12H21NO2S/c1-10-8-12(16-11(10)2)9-13-4-5-15-7-6-14-3/h8,13H,4-7,9H2,1-3H3. The molecule has 1 heterocycles. The molecule has 0 fully saturated rings. The third kappa shape index (κ3) is 5.07. The second kappa shape index (κ2) is 7.79. The fraction of sp³-hybridized carbons (Fsp3) is 0.667. The highest BCUT2D eigenvalue weighted by molar-refractivity contribution is 7.12. The van der Waals surface area contributed by atoms with Crippen molar-refractivity contribution in [2.24, 2.45) is 0 Å². The SMILES string of the molecule is COCCOCCNCc1cc(C)c(C)s1. The Morgan fingerprint density at radius 2 is 2.06 bits per heavy atom. The molecule has 1 aromatic heterocycles. The summed E-state index contributed by atoms with van der Waals surface area (Å²) in [5, 5.41) is 3.36. The minimum atomic E-state index is 0.670. The number of ether oxygens (including phenoxy) is 2. The summed E-state index contributed by atoms with van der Waals surface area (Å²) in [6, 6.07) is 2.25. The van der Waals surface area contributed by atoms with Crippen molar-refractivity contribution >= 4 is 11.3 Å². The molecule has 1 aromatic rings. The zero-order chi connectivity index (χ0) is 11.8. The van der Waals surface area contributed by atoms with Crippen LogP contribution in [0.4, 0.5) is 0 Å². The van der Waals surface area contributed by atoms with Crippen LogP contribution in [-0.2, 0) is 16.0 Å². The molecule has 0 aliphatic heterocycles. The number of aryl methyl sites for hydroxylation is 2. The van der Waals surface area contributed by atoms with Gasteiger partial charge in [0.15, 0.2) is 0 Å². The van der Waals surface area contributed by atoms with Crippen LogP contribution in [0.5, 0.6) is 0 Å². The van der Waals surface area contributed by atoms with Gasteiger partial charge in [-0.25, -0.2) is 0 Å². The normalized spacial score (nSPS) is 10.9. The van der Waals surface area contributed by atoms with Crippen LogP contribution in [0.25, 0.3) is 0 Å². The van der Waals surface area contributed by atoms with E-state index in [-0.39, 0.29) is 0 Å². The Kier molecular flexibility index (Phi) is 6.64. The predicted octanol–water partition coefficient (Wildman–Crippen LogP) is 2.12. The van der Waals surface area contributed by atoms with Crippen molar-refractivity contribution in [2.45, 2.75) is 20.4 Å². The fourth-order valence-electron chi connectivity index (χ4n) is 1.34. The second-order valence-corrected chi connectivity index (χ2v) is 5.07. The molecule has 0 amide bonds. The van der Waals surface area contributed by atoms with Crippen LogP contribution in [0.1, 0.15) is 15.3 Å². The van der Waals surface area contributed by atoms with E-state index in [1.54, 1.807) is 7.11 Å². The van der Waals surface area contributed by atoms with Crippen LogP contribution in [0.2, 0.25) is 0 Å². The summed E-state index contributed by atoms with van der Waals surface area (Å²) >= 11 is 1.86. The lowest BCUT2D eigenvalue weighted by Crippen LogP contribution is -2.19. The van der Waals surface area contributed by atoms with Crippen molar-refractivity contribution in [2.75, 3.05) is 33.5 Å². The Bertz CT molecular complexity index is 280. The summed E-state index contributed by atoms with van der Waals surface area (Å²) in [4.78, 5) is 2.81. The topological polar surface area (TPSA) is 30.5 Å². The van der Waals surface area contributed by atoms with Gasteiger partial charge < -0.3 is 14.8 Å². The van der Waals surface area contributed by atoms with E-state index in [1.807, 2.05) is 11.3 Å². The molecule has 0 unspecified atom stereocenters. The van der Waals surface area contributed by atoms with Gasteiger partial charge in [0, 0.05) is 30.0 Å². The maximum Gasteiger partial charge on any atom is 0.0700 e. The molecule has 0 aliphatic rings. The number of thiophene rings is 1. The third-order valence-electron chi connectivity index (χ3n) is 2.37. The number of methoxy groups -OCH3 is 1. The molecule has 0 spiro atoms. The predicted molar refractivity (Wildman–Crippen MR) is 68.2 cm³/mol. The molecule has 4 heteroatoms. The molecule has 0 atom stereocenters. The Morgan fingerprint density at radius 1 is 1.25 bits per heavy atom. The van der Waals surface area contributed by atoms with Gasteiger partial charge >= 0.3 is 0 Å². The van der Waals surface area contributed by atoms with Crippen molar-refractivity contribution in [3.8, 4) is 0 Å². The van der Waals surface area contributed by atoms with Gasteiger partial charge in [-0.05, 0) is 25.5 Å². The van der Waals surface area contributed by atoms with Crippen LogP contribution in [0.15, 0.2) is 6.07 Å². The molecule has 0 bridgehead atoms. The van der Waals surface area contributed by atoms with Crippen molar-refractivity contribution in [1.82, 2.24) is 5.32 Å². The van der Waals surface area contributed by atoms with Gasteiger partial charge in [-0.2, -0.15) is 0 Å². The fourth-order valence-corrected chi connectivity index (χ4v) is 2.36. The number of hydrogen-bond donors (Lipinski definition) is 1. The van der Waals surface area contributed by atoms with E-state index in [4.69, 9.17) is 9.47 Å². The van der Waals surface area contributed by atoms with Gasteiger partial charge in [-0.15, -0.1) is 11.3 Å². The Hall–Kier alpha value is -0.420. The maximum absolute atomic E-state index is 5.36. The molecular weight excluding hydrogens is 222 g/mol. The molecular formula is C12H21NO2S. The minimum Gasteiger partial charge on any atom is -0.382 e. The quantitative estimate of drug-likeness (QED) is 0.709. The van der Waals surface area contributed by atoms with Gasteiger partial charge in [0.2, 0.25) is 0 Å². The van der Waals surface area contributed by atoms with Gasteiger partial charge in [0.1, 0.15) is 0 Å². The smallest absolute Gasteiger partial charge is 0.0700 e. The number of hydrogen-bond acceptors (Lipinski definition) is 4. The molecule has 3 nitrogen and oxygen atoms in total. The molecule has 0 aliphatic carbocycles. The summed E-state index contributed by atoms with van der Waals surface area (Å²) < 4.78 is 10.2. The lowest BCUT2D eigenvalue weighted by atomic mass is 10.3. The van der Waals surface area contributed by atoms with Crippen molar-refractivity contribution in [3.63, 3.8) is 0 Å². The first-order valence-electron chi connectivity index (χ1n) is 5.57. The Morgan fingerprint density at radius 3 is 2.69 bits per heavy atom. The highest BCUT2D eigenvalue weighted by atomic mass is 32.1. The minimum absolute atomic E-state index is 0.670. The van der Waals surface area contributed by atoms with E-state index in [9.17, 15) is 0 Å². The molecule has 0 radical (unpaired) electrons. The largest absolute Gasteiger partial charge is 0.382 e. The summed E-state index contributed by atoms with van der Waals surface area (Å²) in [5.41, 5.74) is 1.39. The number of nitrogens with one attached hydrogen (secondary N) is 1. The molecule has 1 N–H and O–H groups in total. The highest BCUT2D eigenvalue weighted by Gasteiger charge is 2.00. The van der Waals surface area contributed by atoms with Gasteiger partial charge in [-0.3, -0.25) is 0 Å². The monoisotopic (exact) mass is 243 g/mol. The lowest BCUT2D eigenvalue weighted by molar-refractivity contribution is 0.0719. The van der Waals surface area contributed by atoms with Crippen LogP contribution in [0, 0.1) is 13.8 Å². The second-order valence-electron chi connectivity index (χ2n) is 3.73. The van der Waals surface area contributed by atoms with E-state index in [0.29, 0.717) is 13.2 Å². The summed E-state index contributed by atoms with van der Waals surface area (Å²) in [5.74, 6) is 0. The van der Waals surface area contributed by atoms with Crippen molar-refractivity contribution < 1.29 is 9.47 Å². The van der Waals surface area contributed by atoms with E-state index < -0.39 is 0 Å².